The molecule has 0 spiro atoms. The highest BCUT2D eigenvalue weighted by Crippen LogP contribution is 2.18. The third kappa shape index (κ3) is 2.13. The number of rotatable bonds is 1. The number of nitriles is 1. The third-order valence-electron chi connectivity index (χ3n) is 4.21. The van der Waals surface area contributed by atoms with E-state index >= 15 is 0 Å². The summed E-state index contributed by atoms with van der Waals surface area (Å²) in [6.45, 7) is 1.78. The zero-order valence-corrected chi connectivity index (χ0v) is 13.6. The van der Waals surface area contributed by atoms with E-state index in [0.29, 0.717) is 5.65 Å². The molecule has 6 nitrogen and oxygen atoms in total. The van der Waals surface area contributed by atoms with Crippen molar-refractivity contribution in [2.24, 2.45) is 0 Å². The van der Waals surface area contributed by atoms with E-state index in [2.05, 4.69) is 4.98 Å². The van der Waals surface area contributed by atoms with Crippen LogP contribution in [0, 0.1) is 24.1 Å². The van der Waals surface area contributed by atoms with Gasteiger partial charge in [0.15, 0.2) is 5.65 Å². The van der Waals surface area contributed by atoms with Gasteiger partial charge in [0.25, 0.3) is 11.1 Å². The van der Waals surface area contributed by atoms with Crippen LogP contribution in [0.2, 0.25) is 0 Å². The van der Waals surface area contributed by atoms with Gasteiger partial charge in [0.1, 0.15) is 23.1 Å². The summed E-state index contributed by atoms with van der Waals surface area (Å²) in [6, 6.07) is 12.1. The van der Waals surface area contributed by atoms with E-state index in [1.165, 1.54) is 28.7 Å². The number of benzene rings is 1. The molecule has 0 saturated heterocycles. The molecule has 0 N–H and O–H groups in total. The molecule has 3 heterocycles. The molecule has 0 aliphatic rings. The zero-order chi connectivity index (χ0) is 18.4. The first-order valence-electron chi connectivity index (χ1n) is 7.75. The molecule has 4 aromatic rings. The maximum Gasteiger partial charge on any atom is 0.274 e. The fourth-order valence-corrected chi connectivity index (χ4v) is 2.96. The predicted molar refractivity (Wildman–Crippen MR) is 94.0 cm³/mol. The Balaban J connectivity index is 2.33. The number of hydrogen-bond donors (Lipinski definition) is 0. The Morgan fingerprint density at radius 1 is 1.08 bits per heavy atom. The SMILES string of the molecule is Cc1cccn2c(=O)c3cc(C#N)c(=O)n(-c4ccccc4F)c3nc12. The van der Waals surface area contributed by atoms with Crippen LogP contribution < -0.4 is 11.1 Å². The lowest BCUT2D eigenvalue weighted by molar-refractivity contribution is 0.617. The second kappa shape index (κ2) is 5.63. The maximum atomic E-state index is 14.4. The molecule has 4 rings (SSSR count). The lowest BCUT2D eigenvalue weighted by Gasteiger charge is -2.12. The average molecular weight is 346 g/mol. The van der Waals surface area contributed by atoms with Crippen LogP contribution in [0.4, 0.5) is 4.39 Å². The first-order chi connectivity index (χ1) is 12.5. The third-order valence-corrected chi connectivity index (χ3v) is 4.21. The number of aromatic nitrogens is 3. The monoisotopic (exact) mass is 346 g/mol. The van der Waals surface area contributed by atoms with E-state index in [0.717, 1.165) is 10.1 Å². The van der Waals surface area contributed by atoms with Gasteiger partial charge in [-0.3, -0.25) is 18.6 Å². The molecule has 0 radical (unpaired) electrons. The summed E-state index contributed by atoms with van der Waals surface area (Å²) in [6.07, 6.45) is 1.56. The Bertz CT molecular complexity index is 1360. The number of pyridine rings is 2. The number of hydrogen-bond acceptors (Lipinski definition) is 4. The van der Waals surface area contributed by atoms with E-state index < -0.39 is 16.9 Å². The highest BCUT2D eigenvalue weighted by Gasteiger charge is 2.18. The molecule has 0 aliphatic heterocycles. The number of halogens is 1. The van der Waals surface area contributed by atoms with E-state index in [-0.39, 0.29) is 22.3 Å². The minimum absolute atomic E-state index is 0.0124. The number of fused-ring (bicyclic) bond motifs is 2. The smallest absolute Gasteiger partial charge is 0.268 e. The molecular weight excluding hydrogens is 335 g/mol. The molecule has 26 heavy (non-hydrogen) atoms. The summed E-state index contributed by atoms with van der Waals surface area (Å²) >= 11 is 0. The van der Waals surface area contributed by atoms with Crippen molar-refractivity contribution in [1.82, 2.24) is 14.0 Å². The minimum atomic E-state index is -0.727. The zero-order valence-electron chi connectivity index (χ0n) is 13.6. The summed E-state index contributed by atoms with van der Waals surface area (Å²) < 4.78 is 16.7. The van der Waals surface area contributed by atoms with E-state index in [9.17, 15) is 19.2 Å². The highest BCUT2D eigenvalue weighted by molar-refractivity contribution is 5.80. The van der Waals surface area contributed by atoms with Crippen molar-refractivity contribution in [2.45, 2.75) is 6.92 Å². The van der Waals surface area contributed by atoms with Crippen LogP contribution in [-0.4, -0.2) is 14.0 Å². The first kappa shape index (κ1) is 15.7. The van der Waals surface area contributed by atoms with E-state index in [1.807, 2.05) is 0 Å². The van der Waals surface area contributed by atoms with Crippen molar-refractivity contribution < 1.29 is 4.39 Å². The molecule has 0 saturated carbocycles. The molecule has 1 aromatic carbocycles. The van der Waals surface area contributed by atoms with E-state index in [4.69, 9.17) is 0 Å². The van der Waals surface area contributed by atoms with Crippen molar-refractivity contribution >= 4 is 16.7 Å². The Labute approximate surface area is 146 Å². The van der Waals surface area contributed by atoms with Crippen molar-refractivity contribution in [3.05, 3.63) is 86.3 Å². The standard InChI is InChI=1S/C19H11FN4O2/c1-11-5-4-8-23-16(11)22-17-13(19(23)26)9-12(10-21)18(25)24(17)15-7-3-2-6-14(15)20/h2-9H,1H3. The van der Waals surface area contributed by atoms with Crippen molar-refractivity contribution in [3.8, 4) is 11.8 Å². The van der Waals surface area contributed by atoms with Gasteiger partial charge in [-0.15, -0.1) is 0 Å². The average Bonchev–Trinajstić information content (AvgIpc) is 2.64. The lowest BCUT2D eigenvalue weighted by atomic mass is 10.2. The van der Waals surface area contributed by atoms with Gasteiger partial charge in [0.2, 0.25) is 0 Å². The molecule has 0 aliphatic carbocycles. The molecule has 126 valence electrons. The second-order valence-corrected chi connectivity index (χ2v) is 5.80. The quantitative estimate of drug-likeness (QED) is 0.495. The van der Waals surface area contributed by atoms with Gasteiger partial charge < -0.3 is 0 Å². The Morgan fingerprint density at radius 3 is 2.58 bits per heavy atom. The van der Waals surface area contributed by atoms with Gasteiger partial charge >= 0.3 is 0 Å². The molecule has 0 atom stereocenters. The summed E-state index contributed by atoms with van der Waals surface area (Å²) in [4.78, 5) is 30.1. The van der Waals surface area contributed by atoms with Crippen molar-refractivity contribution in [1.29, 1.82) is 5.26 Å². The summed E-state index contributed by atoms with van der Waals surface area (Å²) in [5, 5.41) is 9.34. The van der Waals surface area contributed by atoms with Gasteiger partial charge in [-0.1, -0.05) is 18.2 Å². The lowest BCUT2D eigenvalue weighted by Crippen LogP contribution is -2.27. The maximum absolute atomic E-state index is 14.4. The minimum Gasteiger partial charge on any atom is -0.268 e. The largest absolute Gasteiger partial charge is 0.274 e. The Kier molecular flexibility index (Phi) is 3.41. The van der Waals surface area contributed by atoms with E-state index in [1.54, 1.807) is 37.4 Å². The predicted octanol–water partition coefficient (Wildman–Crippen LogP) is 2.32. The van der Waals surface area contributed by atoms with Gasteiger partial charge in [0.05, 0.1) is 11.1 Å². The van der Waals surface area contributed by atoms with Gasteiger partial charge in [-0.25, -0.2) is 9.37 Å². The van der Waals surface area contributed by atoms with Crippen LogP contribution in [0.25, 0.3) is 22.4 Å². The van der Waals surface area contributed by atoms with Gasteiger partial charge in [-0.05, 0) is 36.8 Å². The second-order valence-electron chi connectivity index (χ2n) is 5.80. The fourth-order valence-electron chi connectivity index (χ4n) is 2.96. The number of nitrogens with zero attached hydrogens (tertiary/aromatic N) is 4. The van der Waals surface area contributed by atoms with Crippen LogP contribution in [0.15, 0.2) is 58.3 Å². The molecule has 3 aromatic heterocycles. The summed E-state index contributed by atoms with van der Waals surface area (Å²) in [7, 11) is 0. The normalized spacial score (nSPS) is 11.0. The Morgan fingerprint density at radius 2 is 1.85 bits per heavy atom. The molecule has 0 bridgehead atoms. The van der Waals surface area contributed by atoms with Crippen LogP contribution in [0.3, 0.4) is 0 Å². The molecular formula is C19H11FN4O2. The Hall–Kier alpha value is -3.79. The fraction of sp³-hybridized carbons (Fsp3) is 0.0526. The van der Waals surface area contributed by atoms with Crippen LogP contribution in [0.1, 0.15) is 11.1 Å². The first-order valence-corrected chi connectivity index (χ1v) is 7.75. The van der Waals surface area contributed by atoms with Crippen LogP contribution >= 0.6 is 0 Å². The van der Waals surface area contributed by atoms with Crippen LogP contribution in [-0.2, 0) is 0 Å². The van der Waals surface area contributed by atoms with Gasteiger partial charge in [0, 0.05) is 6.20 Å². The molecule has 0 amide bonds. The summed E-state index contributed by atoms with van der Waals surface area (Å²) in [5.41, 5.74) is -0.386. The van der Waals surface area contributed by atoms with Crippen molar-refractivity contribution in [3.63, 3.8) is 0 Å². The highest BCUT2D eigenvalue weighted by atomic mass is 19.1. The number of aryl methyl sites for hydroxylation is 1. The molecule has 7 heteroatoms. The number of para-hydroxylation sites is 1. The van der Waals surface area contributed by atoms with Gasteiger partial charge in [-0.2, -0.15) is 5.26 Å². The topological polar surface area (TPSA) is 80.2 Å². The van der Waals surface area contributed by atoms with Crippen molar-refractivity contribution in [2.75, 3.05) is 0 Å². The summed E-state index contributed by atoms with van der Waals surface area (Å²) in [5.74, 6) is -0.655. The molecule has 0 unspecified atom stereocenters. The van der Waals surface area contributed by atoms with Crippen LogP contribution in [0.5, 0.6) is 0 Å². The molecule has 0 fully saturated rings.